The summed E-state index contributed by atoms with van der Waals surface area (Å²) < 4.78 is 13.6. The van der Waals surface area contributed by atoms with E-state index in [2.05, 4.69) is 10.2 Å². The summed E-state index contributed by atoms with van der Waals surface area (Å²) in [5.41, 5.74) is 0.933. The van der Waals surface area contributed by atoms with Gasteiger partial charge < -0.3 is 10.2 Å². The quantitative estimate of drug-likeness (QED) is 0.827. The van der Waals surface area contributed by atoms with Crippen LogP contribution in [0.1, 0.15) is 22.8 Å². The van der Waals surface area contributed by atoms with E-state index in [4.69, 9.17) is 5.11 Å². The van der Waals surface area contributed by atoms with Crippen molar-refractivity contribution in [3.05, 3.63) is 53.3 Å². The Hall–Kier alpha value is -2.76. The average molecular weight is 288 g/mol. The molecule has 6 heteroatoms. The van der Waals surface area contributed by atoms with Crippen LogP contribution in [0, 0.1) is 5.82 Å². The number of hydrogen-bond donors (Lipinski definition) is 2. The van der Waals surface area contributed by atoms with Crippen molar-refractivity contribution >= 4 is 17.3 Å². The van der Waals surface area contributed by atoms with E-state index in [1.54, 1.807) is 12.1 Å². The molecule has 0 spiro atoms. The van der Waals surface area contributed by atoms with Gasteiger partial charge in [0.1, 0.15) is 17.0 Å². The highest BCUT2D eigenvalue weighted by molar-refractivity contribution is 5.91. The first-order valence-electron chi connectivity index (χ1n) is 6.27. The van der Waals surface area contributed by atoms with Crippen LogP contribution in [-0.2, 0) is 6.42 Å². The standard InChI is InChI=1S/C15H13FN2O3/c1-2-9-3-5-12(16)13(7-9)18-17-10-4-6-14(19)11(8-10)15(20)21/h3-8,19H,2H2,1H3,(H,20,21). The predicted octanol–water partition coefficient (Wildman–Crippen LogP) is 4.21. The van der Waals surface area contributed by atoms with Crippen molar-refractivity contribution in [1.82, 2.24) is 0 Å². The van der Waals surface area contributed by atoms with Gasteiger partial charge in [-0.2, -0.15) is 5.11 Å². The van der Waals surface area contributed by atoms with Gasteiger partial charge in [-0.3, -0.25) is 0 Å². The van der Waals surface area contributed by atoms with Crippen molar-refractivity contribution in [1.29, 1.82) is 0 Å². The highest BCUT2D eigenvalue weighted by Crippen LogP contribution is 2.26. The lowest BCUT2D eigenvalue weighted by atomic mass is 10.1. The van der Waals surface area contributed by atoms with Crippen LogP contribution in [0.15, 0.2) is 46.6 Å². The van der Waals surface area contributed by atoms with Crippen LogP contribution < -0.4 is 0 Å². The largest absolute Gasteiger partial charge is 0.507 e. The molecule has 0 aliphatic carbocycles. The van der Waals surface area contributed by atoms with E-state index < -0.39 is 11.8 Å². The number of hydrogen-bond acceptors (Lipinski definition) is 4. The van der Waals surface area contributed by atoms with Crippen LogP contribution in [0.25, 0.3) is 0 Å². The summed E-state index contributed by atoms with van der Waals surface area (Å²) in [7, 11) is 0. The molecule has 0 atom stereocenters. The van der Waals surface area contributed by atoms with Crippen molar-refractivity contribution in [2.45, 2.75) is 13.3 Å². The van der Waals surface area contributed by atoms with Crippen LogP contribution in [0.5, 0.6) is 5.75 Å². The Morgan fingerprint density at radius 2 is 1.95 bits per heavy atom. The first-order chi connectivity index (χ1) is 10.0. The van der Waals surface area contributed by atoms with Crippen molar-refractivity contribution in [3.8, 4) is 5.75 Å². The highest BCUT2D eigenvalue weighted by Gasteiger charge is 2.10. The average Bonchev–Trinajstić information content (AvgIpc) is 2.47. The summed E-state index contributed by atoms with van der Waals surface area (Å²) in [6, 6.07) is 8.33. The van der Waals surface area contributed by atoms with Gasteiger partial charge in [-0.15, -0.1) is 5.11 Å². The number of carboxylic acids is 1. The van der Waals surface area contributed by atoms with Crippen molar-refractivity contribution in [2.24, 2.45) is 10.2 Å². The molecule has 2 N–H and O–H groups in total. The van der Waals surface area contributed by atoms with Crippen LogP contribution in [-0.4, -0.2) is 16.2 Å². The summed E-state index contributed by atoms with van der Waals surface area (Å²) in [6.07, 6.45) is 0.741. The Kier molecular flexibility index (Phi) is 4.27. The zero-order valence-electron chi connectivity index (χ0n) is 11.2. The third-order valence-electron chi connectivity index (χ3n) is 2.90. The molecule has 0 aliphatic rings. The molecule has 0 heterocycles. The Balaban J connectivity index is 2.33. The van der Waals surface area contributed by atoms with Gasteiger partial charge in [0.05, 0.1) is 5.69 Å². The summed E-state index contributed by atoms with van der Waals surface area (Å²) in [5, 5.41) is 25.9. The number of rotatable bonds is 4. The molecule has 108 valence electrons. The molecule has 5 nitrogen and oxygen atoms in total. The topological polar surface area (TPSA) is 82.2 Å². The first kappa shape index (κ1) is 14.6. The SMILES string of the molecule is CCc1ccc(F)c(N=Nc2ccc(O)c(C(=O)O)c2)c1. The van der Waals surface area contributed by atoms with E-state index in [0.717, 1.165) is 12.0 Å². The maximum Gasteiger partial charge on any atom is 0.339 e. The molecule has 0 saturated heterocycles. The number of aromatic carboxylic acids is 1. The fourth-order valence-corrected chi connectivity index (χ4v) is 1.72. The lowest BCUT2D eigenvalue weighted by molar-refractivity contribution is 0.0694. The summed E-state index contributed by atoms with van der Waals surface area (Å²) in [6.45, 7) is 1.94. The Morgan fingerprint density at radius 1 is 1.19 bits per heavy atom. The number of halogens is 1. The van der Waals surface area contributed by atoms with Crippen LogP contribution >= 0.6 is 0 Å². The molecule has 0 aromatic heterocycles. The van der Waals surface area contributed by atoms with Crippen molar-refractivity contribution in [2.75, 3.05) is 0 Å². The van der Waals surface area contributed by atoms with E-state index in [0.29, 0.717) is 0 Å². The van der Waals surface area contributed by atoms with E-state index in [-0.39, 0.29) is 22.7 Å². The Labute approximate surface area is 120 Å². The Morgan fingerprint density at radius 3 is 2.62 bits per heavy atom. The smallest absolute Gasteiger partial charge is 0.339 e. The molecular formula is C15H13FN2O3. The maximum atomic E-state index is 13.6. The monoisotopic (exact) mass is 288 g/mol. The van der Waals surface area contributed by atoms with Gasteiger partial charge >= 0.3 is 5.97 Å². The minimum Gasteiger partial charge on any atom is -0.507 e. The van der Waals surface area contributed by atoms with E-state index in [1.165, 1.54) is 24.3 Å². The summed E-state index contributed by atoms with van der Waals surface area (Å²) in [4.78, 5) is 10.9. The molecule has 0 saturated carbocycles. The molecule has 0 amide bonds. The fraction of sp³-hybridized carbons (Fsp3) is 0.133. The molecule has 2 rings (SSSR count). The second-order valence-electron chi connectivity index (χ2n) is 4.35. The molecular weight excluding hydrogens is 275 g/mol. The molecule has 0 fully saturated rings. The number of azo groups is 1. The zero-order valence-corrected chi connectivity index (χ0v) is 11.2. The number of aromatic hydroxyl groups is 1. The highest BCUT2D eigenvalue weighted by atomic mass is 19.1. The lowest BCUT2D eigenvalue weighted by Crippen LogP contribution is -1.95. The first-order valence-corrected chi connectivity index (χ1v) is 6.27. The van der Waals surface area contributed by atoms with Gasteiger partial charge in [0.15, 0.2) is 5.82 Å². The normalized spacial score (nSPS) is 11.0. The fourth-order valence-electron chi connectivity index (χ4n) is 1.72. The number of carbonyl (C=O) groups is 1. The Bertz CT molecular complexity index is 714. The number of carboxylic acid groups (broad SMARTS) is 1. The van der Waals surface area contributed by atoms with Crippen LogP contribution in [0.2, 0.25) is 0 Å². The second-order valence-corrected chi connectivity index (χ2v) is 4.35. The summed E-state index contributed by atoms with van der Waals surface area (Å²) in [5.74, 6) is -2.14. The van der Waals surface area contributed by atoms with Gasteiger partial charge in [0.25, 0.3) is 0 Å². The van der Waals surface area contributed by atoms with Crippen LogP contribution in [0.4, 0.5) is 15.8 Å². The molecule has 0 aliphatic heterocycles. The molecule has 21 heavy (non-hydrogen) atoms. The number of aryl methyl sites for hydroxylation is 1. The van der Waals surface area contributed by atoms with Crippen LogP contribution in [0.3, 0.4) is 0 Å². The number of phenols is 1. The third kappa shape index (κ3) is 3.42. The van der Waals surface area contributed by atoms with Gasteiger partial charge in [-0.1, -0.05) is 13.0 Å². The van der Waals surface area contributed by atoms with Gasteiger partial charge in [0, 0.05) is 0 Å². The molecule has 0 unspecified atom stereocenters. The maximum absolute atomic E-state index is 13.6. The minimum atomic E-state index is -1.27. The lowest BCUT2D eigenvalue weighted by Gasteiger charge is -2.01. The van der Waals surface area contributed by atoms with E-state index in [9.17, 15) is 14.3 Å². The molecule has 0 radical (unpaired) electrons. The van der Waals surface area contributed by atoms with E-state index >= 15 is 0 Å². The van der Waals surface area contributed by atoms with Gasteiger partial charge in [-0.25, -0.2) is 9.18 Å². The van der Waals surface area contributed by atoms with Crippen molar-refractivity contribution in [3.63, 3.8) is 0 Å². The van der Waals surface area contributed by atoms with E-state index in [1.807, 2.05) is 6.92 Å². The number of nitrogens with zero attached hydrogens (tertiary/aromatic N) is 2. The number of benzene rings is 2. The van der Waals surface area contributed by atoms with Gasteiger partial charge in [-0.05, 0) is 42.3 Å². The zero-order chi connectivity index (χ0) is 15.4. The molecule has 2 aromatic carbocycles. The minimum absolute atomic E-state index is 0.0827. The van der Waals surface area contributed by atoms with Gasteiger partial charge in [0.2, 0.25) is 0 Å². The summed E-state index contributed by atoms with van der Waals surface area (Å²) >= 11 is 0. The molecule has 2 aromatic rings. The third-order valence-corrected chi connectivity index (χ3v) is 2.90. The molecule has 0 bridgehead atoms. The second kappa shape index (κ2) is 6.13. The predicted molar refractivity (Wildman–Crippen MR) is 75.0 cm³/mol. The van der Waals surface area contributed by atoms with Crippen molar-refractivity contribution < 1.29 is 19.4 Å².